The van der Waals surface area contributed by atoms with Crippen LogP contribution in [0.4, 0.5) is 0 Å². The number of primary amides is 1. The normalized spacial score (nSPS) is 10.6. The fourth-order valence-corrected chi connectivity index (χ4v) is 1.77. The van der Waals surface area contributed by atoms with Crippen molar-refractivity contribution in [2.45, 2.75) is 19.8 Å². The minimum atomic E-state index is -0.404. The molecule has 0 atom stereocenters. The summed E-state index contributed by atoms with van der Waals surface area (Å²) in [6, 6.07) is 11.3. The van der Waals surface area contributed by atoms with Gasteiger partial charge in [0.1, 0.15) is 0 Å². The van der Waals surface area contributed by atoms with Crippen molar-refractivity contribution in [2.75, 3.05) is 0 Å². The van der Waals surface area contributed by atoms with E-state index >= 15 is 0 Å². The summed E-state index contributed by atoms with van der Waals surface area (Å²) in [5.74, 6) is -0.00556. The lowest BCUT2D eigenvalue weighted by molar-refractivity contribution is 0.100. The number of benzene rings is 1. The van der Waals surface area contributed by atoms with Crippen molar-refractivity contribution >= 4 is 5.91 Å². The molecular weight excluding hydrogens is 224 g/mol. The molecule has 2 rings (SSSR count). The molecule has 0 saturated heterocycles. The van der Waals surface area contributed by atoms with E-state index in [1.165, 1.54) is 0 Å². The Balaban J connectivity index is 2.36. The third-order valence-electron chi connectivity index (χ3n) is 2.88. The van der Waals surface area contributed by atoms with Gasteiger partial charge in [0, 0.05) is 17.5 Å². The van der Waals surface area contributed by atoms with Crippen LogP contribution in [-0.4, -0.2) is 10.9 Å². The van der Waals surface area contributed by atoms with Crippen molar-refractivity contribution in [1.82, 2.24) is 4.98 Å². The first-order chi connectivity index (χ1) is 8.58. The second-order valence-electron chi connectivity index (χ2n) is 4.57. The second-order valence-corrected chi connectivity index (χ2v) is 4.57. The molecule has 3 nitrogen and oxygen atoms in total. The van der Waals surface area contributed by atoms with Gasteiger partial charge in [0.15, 0.2) is 0 Å². The molecule has 0 fully saturated rings. The van der Waals surface area contributed by atoms with Crippen LogP contribution >= 0.6 is 0 Å². The Morgan fingerprint density at radius 3 is 2.33 bits per heavy atom. The number of nitrogens with two attached hydrogens (primary N) is 1. The molecule has 0 aliphatic rings. The highest BCUT2D eigenvalue weighted by Crippen LogP contribution is 2.22. The fraction of sp³-hybridized carbons (Fsp3) is 0.200. The van der Waals surface area contributed by atoms with Crippen LogP contribution in [0.15, 0.2) is 42.6 Å². The largest absolute Gasteiger partial charge is 0.366 e. The van der Waals surface area contributed by atoms with Gasteiger partial charge in [-0.05, 0) is 41.3 Å². The maximum atomic E-state index is 11.0. The maximum Gasteiger partial charge on any atom is 0.248 e. The van der Waals surface area contributed by atoms with Gasteiger partial charge in [-0.1, -0.05) is 26.0 Å². The topological polar surface area (TPSA) is 56.0 Å². The summed E-state index contributed by atoms with van der Waals surface area (Å²) < 4.78 is 0. The number of hydrogen-bond donors (Lipinski definition) is 1. The first-order valence-corrected chi connectivity index (χ1v) is 5.94. The minimum absolute atomic E-state index is 0.398. The van der Waals surface area contributed by atoms with Gasteiger partial charge in [0.05, 0.1) is 0 Å². The Labute approximate surface area is 107 Å². The number of aromatic nitrogens is 1. The molecule has 2 N–H and O–H groups in total. The quantitative estimate of drug-likeness (QED) is 0.896. The Hall–Kier alpha value is -2.16. The third-order valence-corrected chi connectivity index (χ3v) is 2.88. The highest BCUT2D eigenvalue weighted by Gasteiger charge is 2.05. The summed E-state index contributed by atoms with van der Waals surface area (Å²) in [7, 11) is 0. The molecule has 2 aromatic rings. The van der Waals surface area contributed by atoms with Crippen LogP contribution in [0.3, 0.4) is 0 Å². The van der Waals surface area contributed by atoms with Crippen LogP contribution in [0.1, 0.15) is 35.8 Å². The van der Waals surface area contributed by atoms with Crippen LogP contribution in [-0.2, 0) is 0 Å². The summed E-state index contributed by atoms with van der Waals surface area (Å²) in [5.41, 5.74) is 8.96. The van der Waals surface area contributed by atoms with E-state index in [1.54, 1.807) is 12.1 Å². The van der Waals surface area contributed by atoms with Crippen LogP contribution in [0.5, 0.6) is 0 Å². The number of rotatable bonds is 3. The number of nitrogens with zero attached hydrogens (tertiary/aromatic N) is 1. The SMILES string of the molecule is CC(C)c1cc(-c2ccc(C(N)=O)cc2)ccn1. The third kappa shape index (κ3) is 2.56. The van der Waals surface area contributed by atoms with Crippen LogP contribution in [0.2, 0.25) is 0 Å². The molecule has 0 spiro atoms. The van der Waals surface area contributed by atoms with Gasteiger partial charge in [-0.25, -0.2) is 0 Å². The molecule has 1 heterocycles. The molecule has 0 radical (unpaired) electrons. The molecule has 0 aliphatic heterocycles. The van der Waals surface area contributed by atoms with Crippen molar-refractivity contribution in [3.63, 3.8) is 0 Å². The number of carbonyl (C=O) groups excluding carboxylic acids is 1. The second kappa shape index (κ2) is 5.00. The van der Waals surface area contributed by atoms with E-state index in [4.69, 9.17) is 5.73 Å². The Morgan fingerprint density at radius 2 is 1.78 bits per heavy atom. The Morgan fingerprint density at radius 1 is 1.11 bits per heavy atom. The lowest BCUT2D eigenvalue weighted by Crippen LogP contribution is -2.10. The standard InChI is InChI=1S/C15H16N2O/c1-10(2)14-9-13(7-8-17-14)11-3-5-12(6-4-11)15(16)18/h3-10H,1-2H3,(H2,16,18). The van der Waals surface area contributed by atoms with Crippen molar-refractivity contribution < 1.29 is 4.79 Å². The average molecular weight is 240 g/mol. The molecule has 0 bridgehead atoms. The minimum Gasteiger partial charge on any atom is -0.366 e. The van der Waals surface area contributed by atoms with E-state index in [-0.39, 0.29) is 0 Å². The Kier molecular flexibility index (Phi) is 3.42. The zero-order chi connectivity index (χ0) is 13.1. The summed E-state index contributed by atoms with van der Waals surface area (Å²) in [4.78, 5) is 15.3. The zero-order valence-electron chi connectivity index (χ0n) is 10.6. The molecule has 3 heteroatoms. The van der Waals surface area contributed by atoms with Crippen LogP contribution < -0.4 is 5.73 Å². The fourth-order valence-electron chi connectivity index (χ4n) is 1.77. The highest BCUT2D eigenvalue weighted by molar-refractivity contribution is 5.93. The van der Waals surface area contributed by atoms with Gasteiger partial charge in [-0.3, -0.25) is 9.78 Å². The lowest BCUT2D eigenvalue weighted by Gasteiger charge is -2.07. The number of amides is 1. The van der Waals surface area contributed by atoms with Crippen molar-refractivity contribution in [1.29, 1.82) is 0 Å². The van der Waals surface area contributed by atoms with E-state index < -0.39 is 5.91 Å². The van der Waals surface area contributed by atoms with Crippen molar-refractivity contribution in [2.24, 2.45) is 5.73 Å². The zero-order valence-corrected chi connectivity index (χ0v) is 10.6. The molecule has 1 amide bonds. The van der Waals surface area contributed by atoms with E-state index in [2.05, 4.69) is 24.9 Å². The van der Waals surface area contributed by atoms with Crippen LogP contribution in [0, 0.1) is 0 Å². The van der Waals surface area contributed by atoms with Crippen molar-refractivity contribution in [3.05, 3.63) is 53.9 Å². The van der Waals surface area contributed by atoms with Gasteiger partial charge < -0.3 is 5.73 Å². The number of carbonyl (C=O) groups is 1. The summed E-state index contributed by atoms with van der Waals surface area (Å²) >= 11 is 0. The molecule has 0 saturated carbocycles. The smallest absolute Gasteiger partial charge is 0.248 e. The molecule has 0 unspecified atom stereocenters. The van der Waals surface area contributed by atoms with Gasteiger partial charge in [0.25, 0.3) is 0 Å². The molecule has 1 aromatic heterocycles. The van der Waals surface area contributed by atoms with Crippen molar-refractivity contribution in [3.8, 4) is 11.1 Å². The average Bonchev–Trinajstić information content (AvgIpc) is 2.39. The van der Waals surface area contributed by atoms with Gasteiger partial charge in [-0.15, -0.1) is 0 Å². The monoisotopic (exact) mass is 240 g/mol. The predicted molar refractivity (Wildman–Crippen MR) is 72.3 cm³/mol. The van der Waals surface area contributed by atoms with Crippen LogP contribution in [0.25, 0.3) is 11.1 Å². The van der Waals surface area contributed by atoms with E-state index in [1.807, 2.05) is 24.4 Å². The lowest BCUT2D eigenvalue weighted by atomic mass is 10.0. The van der Waals surface area contributed by atoms with Gasteiger partial charge in [0.2, 0.25) is 5.91 Å². The predicted octanol–water partition coefficient (Wildman–Crippen LogP) is 2.97. The molecular formula is C15H16N2O. The van der Waals surface area contributed by atoms with Gasteiger partial charge >= 0.3 is 0 Å². The van der Waals surface area contributed by atoms with E-state index in [0.717, 1.165) is 16.8 Å². The first kappa shape index (κ1) is 12.3. The number of pyridine rings is 1. The Bertz CT molecular complexity index is 559. The maximum absolute atomic E-state index is 11.0. The summed E-state index contributed by atoms with van der Waals surface area (Å²) in [6.45, 7) is 4.23. The van der Waals surface area contributed by atoms with E-state index in [0.29, 0.717) is 11.5 Å². The molecule has 1 aromatic carbocycles. The number of hydrogen-bond acceptors (Lipinski definition) is 2. The highest BCUT2D eigenvalue weighted by atomic mass is 16.1. The first-order valence-electron chi connectivity index (χ1n) is 5.94. The molecule has 0 aliphatic carbocycles. The summed E-state index contributed by atoms with van der Waals surface area (Å²) in [5, 5.41) is 0. The van der Waals surface area contributed by atoms with Gasteiger partial charge in [-0.2, -0.15) is 0 Å². The summed E-state index contributed by atoms with van der Waals surface area (Å²) in [6.07, 6.45) is 1.81. The molecule has 92 valence electrons. The van der Waals surface area contributed by atoms with E-state index in [9.17, 15) is 4.79 Å². The molecule has 18 heavy (non-hydrogen) atoms.